The zero-order valence-electron chi connectivity index (χ0n) is 9.74. The van der Waals surface area contributed by atoms with E-state index in [2.05, 4.69) is 0 Å². The molecule has 0 aliphatic carbocycles. The second kappa shape index (κ2) is 5.26. The molecule has 0 heterocycles. The number of nitrogens with two attached hydrogens (primary N) is 1. The first-order valence-corrected chi connectivity index (χ1v) is 6.53. The molecule has 0 bridgehead atoms. The van der Waals surface area contributed by atoms with Gasteiger partial charge in [-0.2, -0.15) is 0 Å². The maximum absolute atomic E-state index is 12.2. The smallest absolute Gasteiger partial charge is 0.317 e. The summed E-state index contributed by atoms with van der Waals surface area (Å²) in [6.45, 7) is 10.0. The Morgan fingerprint density at radius 1 is 1.21 bits per heavy atom. The fourth-order valence-corrected chi connectivity index (χ4v) is 3.10. The molecular formula is C9H22NO3P. The molecule has 0 aromatic carbocycles. The van der Waals surface area contributed by atoms with Crippen molar-refractivity contribution in [2.75, 3.05) is 13.2 Å². The van der Waals surface area contributed by atoms with Gasteiger partial charge in [0.05, 0.1) is 13.2 Å². The van der Waals surface area contributed by atoms with Crippen molar-refractivity contribution < 1.29 is 13.6 Å². The molecule has 0 fully saturated rings. The minimum absolute atomic E-state index is 0.292. The van der Waals surface area contributed by atoms with Crippen molar-refractivity contribution in [1.29, 1.82) is 0 Å². The zero-order chi connectivity index (χ0) is 11.4. The summed E-state index contributed by atoms with van der Waals surface area (Å²) < 4.78 is 22.5. The number of hydrogen-bond donors (Lipinski definition) is 1. The fraction of sp³-hybridized carbons (Fsp3) is 1.00. The van der Waals surface area contributed by atoms with Crippen LogP contribution in [-0.2, 0) is 13.6 Å². The van der Waals surface area contributed by atoms with Crippen LogP contribution in [0.25, 0.3) is 0 Å². The predicted octanol–water partition coefficient (Wildman–Crippen LogP) is 2.58. The first-order valence-electron chi connectivity index (χ1n) is 4.92. The molecule has 0 amide bonds. The van der Waals surface area contributed by atoms with Crippen molar-refractivity contribution in [2.45, 2.75) is 40.4 Å². The Labute approximate surface area is 86.7 Å². The summed E-state index contributed by atoms with van der Waals surface area (Å²) in [6, 6.07) is 0. The molecule has 86 valence electrons. The molecule has 0 aliphatic rings. The number of hydrogen-bond acceptors (Lipinski definition) is 4. The summed E-state index contributed by atoms with van der Waals surface area (Å²) in [5, 5.41) is 0. The first-order chi connectivity index (χ1) is 6.28. The monoisotopic (exact) mass is 223 g/mol. The fourth-order valence-electron chi connectivity index (χ4n) is 1.03. The van der Waals surface area contributed by atoms with E-state index in [1.165, 1.54) is 0 Å². The molecule has 0 saturated carbocycles. The third-order valence-corrected chi connectivity index (χ3v) is 4.54. The van der Waals surface area contributed by atoms with Crippen molar-refractivity contribution in [1.82, 2.24) is 0 Å². The van der Waals surface area contributed by atoms with Crippen LogP contribution in [0.1, 0.15) is 34.6 Å². The third kappa shape index (κ3) is 3.70. The molecule has 1 unspecified atom stereocenters. The molecule has 2 N–H and O–H groups in total. The van der Waals surface area contributed by atoms with Gasteiger partial charge in [0.1, 0.15) is 5.78 Å². The van der Waals surface area contributed by atoms with Gasteiger partial charge in [-0.05, 0) is 19.3 Å². The Morgan fingerprint density at radius 2 is 1.57 bits per heavy atom. The lowest BCUT2D eigenvalue weighted by Gasteiger charge is -2.32. The first kappa shape index (κ1) is 14.1. The van der Waals surface area contributed by atoms with E-state index in [1.54, 1.807) is 13.8 Å². The van der Waals surface area contributed by atoms with Gasteiger partial charge in [-0.25, -0.2) is 0 Å². The SMILES string of the molecule is CCOP(=O)(OCC)C(N)C(C)(C)C. The van der Waals surface area contributed by atoms with Gasteiger partial charge in [0, 0.05) is 0 Å². The molecular weight excluding hydrogens is 201 g/mol. The average molecular weight is 223 g/mol. The van der Waals surface area contributed by atoms with Gasteiger partial charge in [-0.3, -0.25) is 4.57 Å². The van der Waals surface area contributed by atoms with Gasteiger partial charge >= 0.3 is 7.60 Å². The summed E-state index contributed by atoms with van der Waals surface area (Å²) in [5.41, 5.74) is 5.60. The van der Waals surface area contributed by atoms with Gasteiger partial charge in [-0.15, -0.1) is 0 Å². The topological polar surface area (TPSA) is 61.5 Å². The van der Waals surface area contributed by atoms with E-state index in [4.69, 9.17) is 14.8 Å². The Bertz CT molecular complexity index is 203. The zero-order valence-corrected chi connectivity index (χ0v) is 10.6. The van der Waals surface area contributed by atoms with E-state index in [0.717, 1.165) is 0 Å². The molecule has 0 aromatic heterocycles. The molecule has 0 rings (SSSR count). The van der Waals surface area contributed by atoms with Crippen molar-refractivity contribution >= 4 is 7.60 Å². The summed E-state index contributed by atoms with van der Waals surface area (Å²) in [4.78, 5) is 0. The predicted molar refractivity (Wildman–Crippen MR) is 58.3 cm³/mol. The minimum Gasteiger partial charge on any atom is -0.317 e. The quantitative estimate of drug-likeness (QED) is 0.727. The van der Waals surface area contributed by atoms with Crippen molar-refractivity contribution in [2.24, 2.45) is 11.1 Å². The van der Waals surface area contributed by atoms with Crippen LogP contribution < -0.4 is 5.73 Å². The van der Waals surface area contributed by atoms with Gasteiger partial charge in [0.25, 0.3) is 0 Å². The highest BCUT2D eigenvalue weighted by Gasteiger charge is 2.40. The highest BCUT2D eigenvalue weighted by atomic mass is 31.2. The molecule has 0 radical (unpaired) electrons. The lowest BCUT2D eigenvalue weighted by atomic mass is 9.97. The summed E-state index contributed by atoms with van der Waals surface area (Å²) in [7, 11) is -3.15. The average Bonchev–Trinajstić information content (AvgIpc) is 2.02. The lowest BCUT2D eigenvalue weighted by Crippen LogP contribution is -2.36. The number of rotatable bonds is 5. The van der Waals surface area contributed by atoms with Gasteiger partial charge in [0.2, 0.25) is 0 Å². The molecule has 0 saturated heterocycles. The van der Waals surface area contributed by atoms with E-state index in [1.807, 2.05) is 20.8 Å². The van der Waals surface area contributed by atoms with Crippen LogP contribution in [0.5, 0.6) is 0 Å². The summed E-state index contributed by atoms with van der Waals surface area (Å²) in [6.07, 6.45) is 0. The molecule has 5 heteroatoms. The highest BCUT2D eigenvalue weighted by molar-refractivity contribution is 7.54. The van der Waals surface area contributed by atoms with Crippen LogP contribution in [0, 0.1) is 5.41 Å². The van der Waals surface area contributed by atoms with Gasteiger partial charge < -0.3 is 14.8 Å². The van der Waals surface area contributed by atoms with Crippen molar-refractivity contribution in [3.63, 3.8) is 0 Å². The molecule has 0 spiro atoms. The van der Waals surface area contributed by atoms with E-state index in [-0.39, 0.29) is 5.41 Å². The van der Waals surface area contributed by atoms with Gasteiger partial charge in [-0.1, -0.05) is 20.8 Å². The Kier molecular flexibility index (Phi) is 5.31. The maximum atomic E-state index is 12.2. The van der Waals surface area contributed by atoms with E-state index < -0.39 is 13.4 Å². The van der Waals surface area contributed by atoms with Crippen LogP contribution in [0.15, 0.2) is 0 Å². The van der Waals surface area contributed by atoms with E-state index in [9.17, 15) is 4.57 Å². The van der Waals surface area contributed by atoms with E-state index >= 15 is 0 Å². The summed E-state index contributed by atoms with van der Waals surface area (Å²) >= 11 is 0. The van der Waals surface area contributed by atoms with Gasteiger partial charge in [0.15, 0.2) is 0 Å². The lowest BCUT2D eigenvalue weighted by molar-refractivity contribution is 0.193. The third-order valence-electron chi connectivity index (χ3n) is 1.85. The molecule has 1 atom stereocenters. The normalized spacial score (nSPS) is 15.6. The minimum atomic E-state index is -3.15. The van der Waals surface area contributed by atoms with Crippen LogP contribution in [0.4, 0.5) is 0 Å². The Morgan fingerprint density at radius 3 is 1.79 bits per heavy atom. The van der Waals surface area contributed by atoms with Crippen LogP contribution in [-0.4, -0.2) is 19.0 Å². The Balaban J connectivity index is 4.73. The molecule has 0 aliphatic heterocycles. The summed E-state index contributed by atoms with van der Waals surface area (Å²) in [5.74, 6) is -0.588. The standard InChI is InChI=1S/C9H22NO3P/c1-6-12-14(11,13-7-2)8(10)9(3,4)5/h8H,6-7,10H2,1-5H3. The molecule has 4 nitrogen and oxygen atoms in total. The van der Waals surface area contributed by atoms with Crippen molar-refractivity contribution in [3.05, 3.63) is 0 Å². The largest absolute Gasteiger partial charge is 0.347 e. The highest BCUT2D eigenvalue weighted by Crippen LogP contribution is 2.55. The van der Waals surface area contributed by atoms with Crippen molar-refractivity contribution in [3.8, 4) is 0 Å². The maximum Gasteiger partial charge on any atom is 0.347 e. The Hall–Kier alpha value is 0.110. The van der Waals surface area contributed by atoms with Crippen LogP contribution >= 0.6 is 7.60 Å². The second-order valence-electron chi connectivity index (χ2n) is 4.19. The van der Waals surface area contributed by atoms with E-state index in [0.29, 0.717) is 13.2 Å². The van der Waals surface area contributed by atoms with Crippen LogP contribution in [0.2, 0.25) is 0 Å². The molecule has 0 aromatic rings. The van der Waals surface area contributed by atoms with Crippen LogP contribution in [0.3, 0.4) is 0 Å². The second-order valence-corrected chi connectivity index (χ2v) is 6.34. The molecule has 14 heavy (non-hydrogen) atoms.